The number of amides is 1. The number of fused-ring (bicyclic) bond motifs is 4. The van der Waals surface area contributed by atoms with Gasteiger partial charge in [-0.25, -0.2) is 4.79 Å². The number of carbonyl (C=O) groups excluding carboxylic acids is 3. The van der Waals surface area contributed by atoms with Crippen molar-refractivity contribution in [3.05, 3.63) is 47.0 Å². The van der Waals surface area contributed by atoms with Crippen LogP contribution in [-0.4, -0.2) is 98.4 Å². The minimum atomic E-state index is -1.80. The van der Waals surface area contributed by atoms with Gasteiger partial charge in [-0.1, -0.05) is 76.1 Å². The molecule has 13 atom stereocenters. The molecule has 5 aliphatic rings. The van der Waals surface area contributed by atoms with Crippen molar-refractivity contribution < 1.29 is 54.1 Å². The first-order valence-electron chi connectivity index (χ1n) is 21.4. The Morgan fingerprint density at radius 1 is 0.931 bits per heavy atom. The molecule has 1 amide bonds. The number of carbonyl (C=O) groups is 3. The molecule has 1 aliphatic heterocycles. The smallest absolute Gasteiger partial charge is 0.328 e. The van der Waals surface area contributed by atoms with Crippen LogP contribution < -0.4 is 5.32 Å². The van der Waals surface area contributed by atoms with Crippen molar-refractivity contribution in [2.24, 2.45) is 39.4 Å². The van der Waals surface area contributed by atoms with Gasteiger partial charge in [-0.15, -0.1) is 0 Å². The summed E-state index contributed by atoms with van der Waals surface area (Å²) in [6.45, 7) is 15.5. The number of aliphatic hydroxyl groups excluding tert-OH is 3. The maximum Gasteiger partial charge on any atom is 0.328 e. The van der Waals surface area contributed by atoms with Crippen LogP contribution >= 0.6 is 0 Å². The number of ether oxygens (including phenoxy) is 3. The van der Waals surface area contributed by atoms with Gasteiger partial charge in [0.25, 0.3) is 0 Å². The van der Waals surface area contributed by atoms with Crippen LogP contribution in [0, 0.1) is 39.4 Å². The molecule has 12 heteroatoms. The van der Waals surface area contributed by atoms with E-state index < -0.39 is 94.9 Å². The molecule has 4 unspecified atom stereocenters. The molecule has 0 bridgehead atoms. The number of rotatable bonds is 11. The zero-order chi connectivity index (χ0) is 42.8. The van der Waals surface area contributed by atoms with Gasteiger partial charge in [-0.3, -0.25) is 9.59 Å². The number of benzene rings is 1. The Bertz CT molecular complexity index is 1740. The minimum Gasteiger partial charge on any atom is -0.467 e. The molecule has 0 aromatic heterocycles. The standard InChI is InChI=1S/C46H69NO11/c1-41(2)33-17-16-29-30(22-34(49)46(8)28(19-20-45(29,46)7)27-15-18-35(42(3,4)54)57-39(27)52)44(33,6)23-32(48)38(41)58-37(51)25-43(5,55)24-36(50)47-31(40(53)56-9)21-26-13-11-10-12-14-26/h10-14,27-28,31-35,38-39,48-49,52,54-55H,15-25H2,1-9H3,(H,47,50)/t27-,28-,31?,32-,33?,34+,35+,38+,39?,43?,44-,45+,46+/m1/s1. The number of hydrogen-bond donors (Lipinski definition) is 6. The fraction of sp³-hybridized carbons (Fsp3) is 0.761. The molecular formula is C46H69NO11. The van der Waals surface area contributed by atoms with Gasteiger partial charge >= 0.3 is 11.9 Å². The summed E-state index contributed by atoms with van der Waals surface area (Å²) in [6.07, 6.45) is 0.638. The summed E-state index contributed by atoms with van der Waals surface area (Å²) in [7, 11) is 1.24. The van der Waals surface area contributed by atoms with E-state index in [1.807, 2.05) is 44.2 Å². The van der Waals surface area contributed by atoms with Gasteiger partial charge in [0.2, 0.25) is 5.91 Å². The van der Waals surface area contributed by atoms with E-state index in [4.69, 9.17) is 14.2 Å². The molecule has 1 aromatic rings. The summed E-state index contributed by atoms with van der Waals surface area (Å²) in [5.41, 5.74) is -1.49. The monoisotopic (exact) mass is 811 g/mol. The molecule has 6 N–H and O–H groups in total. The minimum absolute atomic E-state index is 0.01000. The van der Waals surface area contributed by atoms with E-state index >= 15 is 0 Å². The van der Waals surface area contributed by atoms with E-state index in [-0.39, 0.29) is 29.6 Å². The van der Waals surface area contributed by atoms with Crippen LogP contribution in [0.2, 0.25) is 0 Å². The lowest BCUT2D eigenvalue weighted by molar-refractivity contribution is -0.251. The molecule has 1 aromatic carbocycles. The van der Waals surface area contributed by atoms with Crippen molar-refractivity contribution in [1.29, 1.82) is 0 Å². The Balaban J connectivity index is 1.14. The van der Waals surface area contributed by atoms with Gasteiger partial charge in [0, 0.05) is 23.2 Å². The summed E-state index contributed by atoms with van der Waals surface area (Å²) in [5, 5.41) is 60.0. The average molecular weight is 812 g/mol. The summed E-state index contributed by atoms with van der Waals surface area (Å²) < 4.78 is 17.0. The van der Waals surface area contributed by atoms with Gasteiger partial charge in [-0.2, -0.15) is 0 Å². The number of allylic oxidation sites excluding steroid dienone is 1. The largest absolute Gasteiger partial charge is 0.467 e. The second-order valence-electron chi connectivity index (χ2n) is 20.5. The number of hydrogen-bond acceptors (Lipinski definition) is 11. The summed E-state index contributed by atoms with van der Waals surface area (Å²) >= 11 is 0. The molecule has 3 fully saturated rings. The van der Waals surface area contributed by atoms with Crippen LogP contribution in [0.3, 0.4) is 0 Å². The number of esters is 2. The molecule has 1 heterocycles. The third-order valence-corrected chi connectivity index (χ3v) is 16.0. The van der Waals surface area contributed by atoms with Crippen LogP contribution in [0.25, 0.3) is 0 Å². The van der Waals surface area contributed by atoms with Crippen molar-refractivity contribution in [3.63, 3.8) is 0 Å². The first-order chi connectivity index (χ1) is 26.9. The highest BCUT2D eigenvalue weighted by atomic mass is 16.6. The number of aliphatic hydroxyl groups is 5. The first-order valence-corrected chi connectivity index (χ1v) is 21.4. The van der Waals surface area contributed by atoms with Crippen molar-refractivity contribution in [2.75, 3.05) is 7.11 Å². The number of methoxy groups -OCH3 is 1. The maximum absolute atomic E-state index is 13.5. The van der Waals surface area contributed by atoms with Crippen LogP contribution in [0.4, 0.5) is 0 Å². The highest BCUT2D eigenvalue weighted by Crippen LogP contribution is 2.73. The van der Waals surface area contributed by atoms with Crippen molar-refractivity contribution in [3.8, 4) is 0 Å². The van der Waals surface area contributed by atoms with Gasteiger partial charge in [0.1, 0.15) is 12.1 Å². The van der Waals surface area contributed by atoms with Crippen molar-refractivity contribution in [2.45, 2.75) is 174 Å². The Hall–Kier alpha value is -2.87. The van der Waals surface area contributed by atoms with Crippen LogP contribution in [0.15, 0.2) is 41.5 Å². The average Bonchev–Trinajstić information content (AvgIpc) is 3.41. The Labute approximate surface area is 344 Å². The van der Waals surface area contributed by atoms with E-state index in [0.717, 1.165) is 31.2 Å². The zero-order valence-corrected chi connectivity index (χ0v) is 36.0. The van der Waals surface area contributed by atoms with Crippen molar-refractivity contribution in [1.82, 2.24) is 5.32 Å². The lowest BCUT2D eigenvalue weighted by Gasteiger charge is -2.64. The second kappa shape index (κ2) is 15.9. The van der Waals surface area contributed by atoms with E-state index in [9.17, 15) is 39.9 Å². The zero-order valence-electron chi connectivity index (χ0n) is 36.0. The lowest BCUT2D eigenvalue weighted by atomic mass is 9.42. The predicted molar refractivity (Wildman–Crippen MR) is 216 cm³/mol. The topological polar surface area (TPSA) is 192 Å². The maximum atomic E-state index is 13.5. The van der Waals surface area contributed by atoms with E-state index in [1.165, 1.54) is 25.2 Å². The summed E-state index contributed by atoms with van der Waals surface area (Å²) in [5.74, 6) is -2.12. The molecule has 12 nitrogen and oxygen atoms in total. The molecule has 324 valence electrons. The first kappa shape index (κ1) is 44.7. The lowest BCUT2D eigenvalue weighted by Crippen LogP contribution is -2.62. The second-order valence-corrected chi connectivity index (χ2v) is 20.5. The van der Waals surface area contributed by atoms with Crippen LogP contribution in [0.5, 0.6) is 0 Å². The normalized spacial score (nSPS) is 38.7. The molecule has 58 heavy (non-hydrogen) atoms. The molecule has 0 spiro atoms. The third kappa shape index (κ3) is 7.91. The van der Waals surface area contributed by atoms with Gasteiger partial charge < -0.3 is 45.1 Å². The van der Waals surface area contributed by atoms with E-state index in [0.29, 0.717) is 25.7 Å². The Morgan fingerprint density at radius 3 is 2.22 bits per heavy atom. The van der Waals surface area contributed by atoms with Gasteiger partial charge in [-0.05, 0) is 100 Å². The molecule has 4 aliphatic carbocycles. The Morgan fingerprint density at radius 2 is 1.60 bits per heavy atom. The molecule has 6 rings (SSSR count). The predicted octanol–water partition coefficient (Wildman–Crippen LogP) is 4.91. The Kier molecular flexibility index (Phi) is 12.2. The fourth-order valence-corrected chi connectivity index (χ4v) is 12.9. The van der Waals surface area contributed by atoms with E-state index in [2.05, 4.69) is 26.1 Å². The van der Waals surface area contributed by atoms with Gasteiger partial charge in [0.05, 0.1) is 49.5 Å². The molecular weight excluding hydrogens is 743 g/mol. The fourth-order valence-electron chi connectivity index (χ4n) is 12.9. The number of nitrogens with one attached hydrogen (secondary N) is 1. The van der Waals surface area contributed by atoms with E-state index in [1.54, 1.807) is 13.8 Å². The summed E-state index contributed by atoms with van der Waals surface area (Å²) in [4.78, 5) is 39.1. The molecule has 1 saturated heterocycles. The third-order valence-electron chi connectivity index (χ3n) is 16.0. The van der Waals surface area contributed by atoms with Crippen molar-refractivity contribution >= 4 is 17.8 Å². The SMILES string of the molecule is COC(=O)C(Cc1ccccc1)NC(=O)CC(C)(O)CC(=O)O[C@H]1[C@H](O)C[C@]2(C)C3=C(CCC2C1(C)C)[C@]1(C)CC[C@H]([C@H]2CC[C@@H](C(C)(C)O)OC2O)[C@@]1(C)[C@@H](O)C3. The molecule has 0 radical (unpaired) electrons. The highest BCUT2D eigenvalue weighted by Gasteiger charge is 2.68. The highest BCUT2D eigenvalue weighted by molar-refractivity contribution is 5.85. The van der Waals surface area contributed by atoms with Gasteiger partial charge in [0.15, 0.2) is 6.29 Å². The summed E-state index contributed by atoms with van der Waals surface area (Å²) in [6, 6.07) is 8.18. The quantitative estimate of drug-likeness (QED) is 0.132. The molecule has 2 saturated carbocycles. The van der Waals surface area contributed by atoms with Crippen LogP contribution in [-0.2, 0) is 35.0 Å². The van der Waals surface area contributed by atoms with Crippen LogP contribution in [0.1, 0.15) is 125 Å².